The normalized spacial score (nSPS) is 18.9. The second kappa shape index (κ2) is 4.05. The van der Waals surface area contributed by atoms with Crippen molar-refractivity contribution in [2.24, 2.45) is 0 Å². The summed E-state index contributed by atoms with van der Waals surface area (Å²) >= 11 is 0. The van der Waals surface area contributed by atoms with Crippen LogP contribution in [-0.2, 0) is 11.2 Å². The Labute approximate surface area is 105 Å². The molecule has 1 aromatic carbocycles. The van der Waals surface area contributed by atoms with Gasteiger partial charge >= 0.3 is 0 Å². The van der Waals surface area contributed by atoms with Gasteiger partial charge in [-0.15, -0.1) is 0 Å². The van der Waals surface area contributed by atoms with Crippen molar-refractivity contribution in [3.05, 3.63) is 47.1 Å². The van der Waals surface area contributed by atoms with Crippen molar-refractivity contribution < 1.29 is 9.32 Å². The van der Waals surface area contributed by atoms with E-state index in [0.29, 0.717) is 11.7 Å². The zero-order chi connectivity index (χ0) is 12.7. The lowest BCUT2D eigenvalue weighted by Crippen LogP contribution is -2.19. The first-order valence-corrected chi connectivity index (χ1v) is 6.08. The van der Waals surface area contributed by atoms with E-state index in [1.54, 1.807) is 6.92 Å². The maximum atomic E-state index is 11.3. The Morgan fingerprint density at radius 3 is 2.94 bits per heavy atom. The highest BCUT2D eigenvalue weighted by Gasteiger charge is 2.31. The van der Waals surface area contributed by atoms with E-state index in [9.17, 15) is 4.79 Å². The van der Waals surface area contributed by atoms with Crippen LogP contribution in [0.3, 0.4) is 0 Å². The molecule has 0 saturated carbocycles. The monoisotopic (exact) mass is 242 g/mol. The van der Waals surface area contributed by atoms with Crippen LogP contribution in [0.15, 0.2) is 28.8 Å². The first kappa shape index (κ1) is 11.1. The molecule has 18 heavy (non-hydrogen) atoms. The number of nitrogens with zero attached hydrogens (tertiary/aromatic N) is 2. The zero-order valence-electron chi connectivity index (χ0n) is 10.4. The van der Waals surface area contributed by atoms with Gasteiger partial charge in [0, 0.05) is 0 Å². The van der Waals surface area contributed by atoms with Gasteiger partial charge in [-0.05, 0) is 31.4 Å². The number of aromatic nitrogens is 2. The third-order valence-electron chi connectivity index (χ3n) is 3.60. The maximum absolute atomic E-state index is 11.3. The molecule has 3 rings (SSSR count). The van der Waals surface area contributed by atoms with Crippen LogP contribution in [0, 0.1) is 0 Å². The number of hydrogen-bond acceptors (Lipinski definition) is 4. The Hall–Kier alpha value is -1.97. The molecule has 1 aliphatic rings. The number of fused-ring (bicyclic) bond motifs is 1. The van der Waals surface area contributed by atoms with Crippen molar-refractivity contribution in [2.45, 2.75) is 32.1 Å². The van der Waals surface area contributed by atoms with Crippen LogP contribution < -0.4 is 0 Å². The molecule has 2 unspecified atom stereocenters. The molecule has 4 nitrogen and oxygen atoms in total. The lowest BCUT2D eigenvalue weighted by molar-refractivity contribution is -0.118. The van der Waals surface area contributed by atoms with Gasteiger partial charge in [0.1, 0.15) is 5.78 Å². The molecule has 0 fully saturated rings. The lowest BCUT2D eigenvalue weighted by atomic mass is 9.77. The number of ketones is 1. The summed E-state index contributed by atoms with van der Waals surface area (Å²) in [6, 6.07) is 8.26. The molecule has 92 valence electrons. The second-order valence-corrected chi connectivity index (χ2v) is 4.78. The van der Waals surface area contributed by atoms with E-state index in [4.69, 9.17) is 4.52 Å². The third-order valence-corrected chi connectivity index (χ3v) is 3.60. The van der Waals surface area contributed by atoms with E-state index in [1.807, 2.05) is 12.1 Å². The van der Waals surface area contributed by atoms with Gasteiger partial charge in [0.05, 0.1) is 11.8 Å². The van der Waals surface area contributed by atoms with Crippen molar-refractivity contribution in [1.82, 2.24) is 10.1 Å². The molecule has 2 aromatic rings. The van der Waals surface area contributed by atoms with Crippen LogP contribution in [0.5, 0.6) is 0 Å². The molecule has 2 atom stereocenters. The predicted molar refractivity (Wildman–Crippen MR) is 65.4 cm³/mol. The molecule has 1 aromatic heterocycles. The molecule has 0 bridgehead atoms. The first-order chi connectivity index (χ1) is 8.66. The molecule has 4 heteroatoms. The van der Waals surface area contributed by atoms with E-state index in [0.717, 1.165) is 6.42 Å². The Kier molecular flexibility index (Phi) is 2.51. The molecule has 1 aliphatic carbocycles. The van der Waals surface area contributed by atoms with Gasteiger partial charge in [-0.3, -0.25) is 4.79 Å². The molecular weight excluding hydrogens is 228 g/mol. The summed E-state index contributed by atoms with van der Waals surface area (Å²) in [6.07, 6.45) is 0.948. The largest absolute Gasteiger partial charge is 0.339 e. The number of carbonyl (C=O) groups excluding carboxylic acids is 1. The summed E-state index contributed by atoms with van der Waals surface area (Å²) in [7, 11) is 0. The van der Waals surface area contributed by atoms with E-state index in [2.05, 4.69) is 22.3 Å². The van der Waals surface area contributed by atoms with Crippen LogP contribution >= 0.6 is 0 Å². The summed E-state index contributed by atoms with van der Waals surface area (Å²) in [5, 5.41) is 4.00. The topological polar surface area (TPSA) is 56.0 Å². The fourth-order valence-corrected chi connectivity index (χ4v) is 2.23. The van der Waals surface area contributed by atoms with Crippen LogP contribution in [0.4, 0.5) is 0 Å². The molecule has 0 radical (unpaired) electrons. The van der Waals surface area contributed by atoms with Crippen LogP contribution in [0.25, 0.3) is 0 Å². The smallest absolute Gasteiger partial charge is 0.236 e. The minimum atomic E-state index is -0.318. The number of rotatable bonds is 3. The Bertz CT molecular complexity index is 603. The number of Topliss-reactive ketones (excluding diaryl/α,β-unsaturated/α-hetero) is 1. The van der Waals surface area contributed by atoms with Crippen molar-refractivity contribution >= 4 is 5.78 Å². The summed E-state index contributed by atoms with van der Waals surface area (Å²) in [6.45, 7) is 3.32. The van der Waals surface area contributed by atoms with Gasteiger partial charge in [-0.2, -0.15) is 4.98 Å². The van der Waals surface area contributed by atoms with Crippen molar-refractivity contribution in [3.63, 3.8) is 0 Å². The number of carbonyl (C=O) groups is 1. The molecular formula is C14H14N2O2. The molecule has 1 heterocycles. The standard InChI is InChI=1S/C14H14N2O2/c1-8(9(2)17)14-15-13(16-18-14)12-7-10-5-3-4-6-11(10)12/h3-6,8,12H,7H2,1-2H3. The minimum absolute atomic E-state index is 0.0409. The number of hydrogen-bond donors (Lipinski definition) is 0. The summed E-state index contributed by atoms with van der Waals surface area (Å²) in [4.78, 5) is 15.6. The van der Waals surface area contributed by atoms with E-state index in [1.165, 1.54) is 18.1 Å². The van der Waals surface area contributed by atoms with Crippen LogP contribution in [0.2, 0.25) is 0 Å². The predicted octanol–water partition coefficient (Wildman–Crippen LogP) is 2.45. The minimum Gasteiger partial charge on any atom is -0.339 e. The van der Waals surface area contributed by atoms with E-state index < -0.39 is 0 Å². The Morgan fingerprint density at radius 1 is 1.44 bits per heavy atom. The molecule has 0 N–H and O–H groups in total. The average molecular weight is 242 g/mol. The number of benzene rings is 1. The third kappa shape index (κ3) is 1.65. The summed E-state index contributed by atoms with van der Waals surface area (Å²) < 4.78 is 5.18. The van der Waals surface area contributed by atoms with E-state index in [-0.39, 0.29) is 17.6 Å². The van der Waals surface area contributed by atoms with Gasteiger partial charge in [-0.25, -0.2) is 0 Å². The molecule has 0 aliphatic heterocycles. The highest BCUT2D eigenvalue weighted by Crippen LogP contribution is 2.38. The van der Waals surface area contributed by atoms with Gasteiger partial charge in [0.25, 0.3) is 0 Å². The van der Waals surface area contributed by atoms with E-state index >= 15 is 0 Å². The molecule has 0 spiro atoms. The van der Waals surface area contributed by atoms with Crippen LogP contribution in [-0.4, -0.2) is 15.9 Å². The lowest BCUT2D eigenvalue weighted by Gasteiger charge is -2.27. The van der Waals surface area contributed by atoms with Gasteiger partial charge < -0.3 is 4.52 Å². The van der Waals surface area contributed by atoms with Crippen LogP contribution in [0.1, 0.15) is 48.5 Å². The summed E-state index contributed by atoms with van der Waals surface area (Å²) in [5.74, 6) is 1.05. The van der Waals surface area contributed by atoms with Crippen molar-refractivity contribution in [2.75, 3.05) is 0 Å². The molecule has 0 saturated heterocycles. The SMILES string of the molecule is CC(=O)C(C)c1nc(C2Cc3ccccc32)no1. The fraction of sp³-hybridized carbons (Fsp3) is 0.357. The zero-order valence-corrected chi connectivity index (χ0v) is 10.4. The Balaban J connectivity index is 1.86. The molecule has 0 amide bonds. The van der Waals surface area contributed by atoms with Crippen molar-refractivity contribution in [1.29, 1.82) is 0 Å². The maximum Gasteiger partial charge on any atom is 0.236 e. The van der Waals surface area contributed by atoms with Crippen molar-refractivity contribution in [3.8, 4) is 0 Å². The summed E-state index contributed by atoms with van der Waals surface area (Å²) in [5.41, 5.74) is 2.61. The highest BCUT2D eigenvalue weighted by atomic mass is 16.5. The first-order valence-electron chi connectivity index (χ1n) is 6.08. The fourth-order valence-electron chi connectivity index (χ4n) is 2.23. The van der Waals surface area contributed by atoms with Gasteiger partial charge in [-0.1, -0.05) is 29.4 Å². The average Bonchev–Trinajstić information content (AvgIpc) is 2.79. The quantitative estimate of drug-likeness (QED) is 0.829. The van der Waals surface area contributed by atoms with Gasteiger partial charge in [0.2, 0.25) is 5.89 Å². The highest BCUT2D eigenvalue weighted by molar-refractivity contribution is 5.81. The second-order valence-electron chi connectivity index (χ2n) is 4.78. The Morgan fingerprint density at radius 2 is 2.22 bits per heavy atom. The van der Waals surface area contributed by atoms with Gasteiger partial charge in [0.15, 0.2) is 5.82 Å².